The van der Waals surface area contributed by atoms with Crippen molar-refractivity contribution in [3.63, 3.8) is 0 Å². The first-order valence-corrected chi connectivity index (χ1v) is 7.59. The third kappa shape index (κ3) is 4.21. The SMILES string of the molecule is NS(=O)(=O)c1ccc(N=NNc2ccc([N+](=O)[O-])cc2)c(O)c1. The summed E-state index contributed by atoms with van der Waals surface area (Å²) in [4.78, 5) is 9.73. The van der Waals surface area contributed by atoms with Crippen molar-refractivity contribution in [2.45, 2.75) is 4.90 Å². The van der Waals surface area contributed by atoms with Crippen LogP contribution in [0.1, 0.15) is 0 Å². The van der Waals surface area contributed by atoms with Crippen molar-refractivity contribution in [3.05, 3.63) is 52.6 Å². The topological polar surface area (TPSA) is 160 Å². The predicted molar refractivity (Wildman–Crippen MR) is 80.7 cm³/mol. The van der Waals surface area contributed by atoms with E-state index in [1.54, 1.807) is 0 Å². The Labute approximate surface area is 130 Å². The van der Waals surface area contributed by atoms with E-state index in [0.29, 0.717) is 5.69 Å². The smallest absolute Gasteiger partial charge is 0.269 e. The maximum Gasteiger partial charge on any atom is 0.269 e. The molecule has 0 fully saturated rings. The number of nitrogens with one attached hydrogen (secondary N) is 1. The van der Waals surface area contributed by atoms with E-state index < -0.39 is 20.7 Å². The average molecular weight is 337 g/mol. The molecule has 0 saturated carbocycles. The van der Waals surface area contributed by atoms with Gasteiger partial charge in [-0.3, -0.25) is 15.5 Å². The summed E-state index contributed by atoms with van der Waals surface area (Å²) in [5.74, 6) is -0.411. The minimum absolute atomic E-state index is 0.0202. The van der Waals surface area contributed by atoms with Gasteiger partial charge >= 0.3 is 0 Å². The number of nitrogens with two attached hydrogens (primary N) is 1. The normalized spacial score (nSPS) is 11.5. The minimum atomic E-state index is -3.92. The number of primary sulfonamides is 1. The second-order valence-corrected chi connectivity index (χ2v) is 5.87. The molecule has 4 N–H and O–H groups in total. The van der Waals surface area contributed by atoms with Crippen LogP contribution in [0, 0.1) is 10.1 Å². The van der Waals surface area contributed by atoms with Crippen molar-refractivity contribution >= 4 is 27.1 Å². The molecule has 10 nitrogen and oxygen atoms in total. The molecular formula is C12H11N5O5S. The fourth-order valence-electron chi connectivity index (χ4n) is 1.56. The van der Waals surface area contributed by atoms with Crippen LogP contribution in [0.5, 0.6) is 5.75 Å². The van der Waals surface area contributed by atoms with Crippen LogP contribution in [0.3, 0.4) is 0 Å². The molecule has 0 aliphatic rings. The number of aromatic hydroxyl groups is 1. The molecule has 0 aromatic heterocycles. The summed E-state index contributed by atoms with van der Waals surface area (Å²) in [6.45, 7) is 0. The molecule has 0 spiro atoms. The Morgan fingerprint density at radius 2 is 1.83 bits per heavy atom. The highest BCUT2D eigenvalue weighted by Crippen LogP contribution is 2.29. The molecule has 0 bridgehead atoms. The Bertz CT molecular complexity index is 864. The van der Waals surface area contributed by atoms with Crippen LogP contribution in [-0.4, -0.2) is 18.4 Å². The van der Waals surface area contributed by atoms with Crippen LogP contribution in [0.2, 0.25) is 0 Å². The first-order valence-electron chi connectivity index (χ1n) is 6.04. The third-order valence-corrected chi connectivity index (χ3v) is 3.60. The number of nitro groups is 1. The molecule has 0 aliphatic heterocycles. The number of nitrogens with zero attached hydrogens (tertiary/aromatic N) is 3. The summed E-state index contributed by atoms with van der Waals surface area (Å²) in [5.41, 5.74) is 2.91. The number of anilines is 1. The minimum Gasteiger partial charge on any atom is -0.506 e. The number of hydrogen-bond acceptors (Lipinski definition) is 7. The van der Waals surface area contributed by atoms with Gasteiger partial charge in [-0.2, -0.15) is 0 Å². The van der Waals surface area contributed by atoms with Crippen LogP contribution in [0.25, 0.3) is 0 Å². The maximum atomic E-state index is 11.1. The van der Waals surface area contributed by atoms with Crippen LogP contribution in [-0.2, 0) is 10.0 Å². The summed E-state index contributed by atoms with van der Waals surface area (Å²) in [7, 11) is -3.92. The van der Waals surface area contributed by atoms with Crippen LogP contribution < -0.4 is 10.6 Å². The van der Waals surface area contributed by atoms with Gasteiger partial charge in [0.25, 0.3) is 5.69 Å². The molecule has 2 rings (SSSR count). The Balaban J connectivity index is 2.10. The number of phenolic OH excluding ortho intramolecular Hbond substituents is 1. The lowest BCUT2D eigenvalue weighted by atomic mass is 10.3. The quantitative estimate of drug-likeness (QED) is 0.430. The van der Waals surface area contributed by atoms with Crippen molar-refractivity contribution in [1.29, 1.82) is 0 Å². The molecule has 0 radical (unpaired) electrons. The molecule has 2 aromatic carbocycles. The standard InChI is InChI=1S/C12H11N5O5S/c13-23(21,22)10-5-6-11(12(18)7-10)15-16-14-8-1-3-9(4-2-8)17(19)20/h1-7,18H,(H,14,15)(H2,13,21,22). The van der Waals surface area contributed by atoms with Crippen LogP contribution in [0.15, 0.2) is 57.7 Å². The second kappa shape index (κ2) is 6.37. The van der Waals surface area contributed by atoms with E-state index in [0.717, 1.165) is 6.07 Å². The van der Waals surface area contributed by atoms with Crippen molar-refractivity contribution in [2.75, 3.05) is 5.43 Å². The van der Waals surface area contributed by atoms with E-state index in [2.05, 4.69) is 15.8 Å². The highest BCUT2D eigenvalue weighted by atomic mass is 32.2. The lowest BCUT2D eigenvalue weighted by Gasteiger charge is -2.02. The summed E-state index contributed by atoms with van der Waals surface area (Å²) in [5, 5.41) is 32.4. The zero-order valence-electron chi connectivity index (χ0n) is 11.4. The average Bonchev–Trinajstić information content (AvgIpc) is 2.48. The zero-order chi connectivity index (χ0) is 17.0. The summed E-state index contributed by atoms with van der Waals surface area (Å²) in [6.07, 6.45) is 0. The van der Waals surface area contributed by atoms with E-state index in [9.17, 15) is 23.6 Å². The van der Waals surface area contributed by atoms with Gasteiger partial charge in [-0.25, -0.2) is 13.6 Å². The third-order valence-electron chi connectivity index (χ3n) is 2.69. The summed E-state index contributed by atoms with van der Waals surface area (Å²) >= 11 is 0. The van der Waals surface area contributed by atoms with Gasteiger partial charge in [-0.15, -0.1) is 5.11 Å². The van der Waals surface area contributed by atoms with Gasteiger partial charge in [0.1, 0.15) is 11.4 Å². The lowest BCUT2D eigenvalue weighted by Crippen LogP contribution is -2.11. The fourth-order valence-corrected chi connectivity index (χ4v) is 2.09. The maximum absolute atomic E-state index is 11.1. The molecule has 2 aromatic rings. The molecule has 0 heterocycles. The number of non-ortho nitro benzene ring substituents is 1. The van der Waals surface area contributed by atoms with E-state index in [1.807, 2.05) is 0 Å². The van der Waals surface area contributed by atoms with Gasteiger partial charge in [0.2, 0.25) is 10.0 Å². The molecule has 120 valence electrons. The number of phenols is 1. The van der Waals surface area contributed by atoms with Crippen LogP contribution in [0.4, 0.5) is 17.1 Å². The number of benzene rings is 2. The van der Waals surface area contributed by atoms with E-state index in [4.69, 9.17) is 5.14 Å². The monoisotopic (exact) mass is 337 g/mol. The number of nitro benzene ring substituents is 1. The van der Waals surface area contributed by atoms with Gasteiger partial charge in [-0.1, -0.05) is 5.22 Å². The van der Waals surface area contributed by atoms with Gasteiger partial charge in [0, 0.05) is 18.2 Å². The Morgan fingerprint density at radius 3 is 2.35 bits per heavy atom. The Hall–Kier alpha value is -3.05. The first-order chi connectivity index (χ1) is 10.8. The van der Waals surface area contributed by atoms with E-state index >= 15 is 0 Å². The van der Waals surface area contributed by atoms with Gasteiger partial charge < -0.3 is 5.11 Å². The van der Waals surface area contributed by atoms with Crippen molar-refractivity contribution < 1.29 is 18.4 Å². The number of sulfonamides is 1. The molecular weight excluding hydrogens is 326 g/mol. The molecule has 23 heavy (non-hydrogen) atoms. The highest BCUT2D eigenvalue weighted by molar-refractivity contribution is 7.89. The van der Waals surface area contributed by atoms with Gasteiger partial charge in [0.05, 0.1) is 15.5 Å². The van der Waals surface area contributed by atoms with Crippen molar-refractivity contribution in [3.8, 4) is 5.75 Å². The fraction of sp³-hybridized carbons (Fsp3) is 0. The molecule has 0 unspecified atom stereocenters. The Kier molecular flexibility index (Phi) is 4.52. The van der Waals surface area contributed by atoms with Crippen LogP contribution >= 0.6 is 0 Å². The lowest BCUT2D eigenvalue weighted by molar-refractivity contribution is -0.384. The number of hydrogen-bond donors (Lipinski definition) is 3. The van der Waals surface area contributed by atoms with E-state index in [-0.39, 0.29) is 16.3 Å². The Morgan fingerprint density at radius 1 is 1.17 bits per heavy atom. The summed E-state index contributed by atoms with van der Waals surface area (Å²) < 4.78 is 22.2. The first kappa shape index (κ1) is 16.3. The van der Waals surface area contributed by atoms with Crippen molar-refractivity contribution in [2.24, 2.45) is 15.5 Å². The second-order valence-electron chi connectivity index (χ2n) is 4.31. The molecule has 11 heteroatoms. The zero-order valence-corrected chi connectivity index (χ0v) is 12.3. The molecule has 0 atom stereocenters. The molecule has 0 aliphatic carbocycles. The number of rotatable bonds is 5. The van der Waals surface area contributed by atoms with Gasteiger partial charge in [0.15, 0.2) is 0 Å². The molecule has 0 amide bonds. The predicted octanol–water partition coefficient (Wildman–Crippen LogP) is 2.06. The van der Waals surface area contributed by atoms with Gasteiger partial charge in [-0.05, 0) is 24.3 Å². The highest BCUT2D eigenvalue weighted by Gasteiger charge is 2.10. The molecule has 0 saturated heterocycles. The van der Waals surface area contributed by atoms with Crippen molar-refractivity contribution in [1.82, 2.24) is 0 Å². The summed E-state index contributed by atoms with van der Waals surface area (Å²) in [6, 6.07) is 8.80. The van der Waals surface area contributed by atoms with E-state index in [1.165, 1.54) is 36.4 Å². The largest absolute Gasteiger partial charge is 0.506 e.